The SMILES string of the molecule is COCCNc1nc(C(F)(F)F)nc2ccc(F)cc12. The molecule has 0 atom stereocenters. The normalized spacial score (nSPS) is 11.8. The molecule has 0 saturated carbocycles. The molecule has 0 saturated heterocycles. The minimum absolute atomic E-state index is 0.0219. The summed E-state index contributed by atoms with van der Waals surface area (Å²) in [5, 5.41) is 2.87. The topological polar surface area (TPSA) is 47.0 Å². The van der Waals surface area contributed by atoms with E-state index in [4.69, 9.17) is 4.74 Å². The van der Waals surface area contributed by atoms with Crippen molar-refractivity contribution in [2.24, 2.45) is 0 Å². The van der Waals surface area contributed by atoms with E-state index in [9.17, 15) is 17.6 Å². The van der Waals surface area contributed by atoms with Crippen LogP contribution in [0.2, 0.25) is 0 Å². The van der Waals surface area contributed by atoms with E-state index in [2.05, 4.69) is 15.3 Å². The van der Waals surface area contributed by atoms with E-state index in [1.54, 1.807) is 0 Å². The number of hydrogen-bond donors (Lipinski definition) is 1. The number of benzene rings is 1. The predicted molar refractivity (Wildman–Crippen MR) is 64.9 cm³/mol. The molecule has 0 aliphatic carbocycles. The maximum absolute atomic E-state index is 13.2. The van der Waals surface area contributed by atoms with Gasteiger partial charge in [0.15, 0.2) is 0 Å². The van der Waals surface area contributed by atoms with E-state index in [-0.39, 0.29) is 29.9 Å². The van der Waals surface area contributed by atoms with Gasteiger partial charge in [-0.2, -0.15) is 13.2 Å². The van der Waals surface area contributed by atoms with Crippen LogP contribution in [0.15, 0.2) is 18.2 Å². The summed E-state index contributed by atoms with van der Waals surface area (Å²) in [6.45, 7) is 0.526. The van der Waals surface area contributed by atoms with Crippen LogP contribution in [0, 0.1) is 5.82 Å². The van der Waals surface area contributed by atoms with Crippen LogP contribution in [0.3, 0.4) is 0 Å². The van der Waals surface area contributed by atoms with Gasteiger partial charge in [-0.3, -0.25) is 0 Å². The molecular formula is C12H11F4N3O. The molecule has 0 unspecified atom stereocenters. The molecule has 0 bridgehead atoms. The highest BCUT2D eigenvalue weighted by molar-refractivity contribution is 5.89. The van der Waals surface area contributed by atoms with Crippen molar-refractivity contribution in [1.29, 1.82) is 0 Å². The number of nitrogens with zero attached hydrogens (tertiary/aromatic N) is 2. The smallest absolute Gasteiger partial charge is 0.383 e. The Labute approximate surface area is 111 Å². The van der Waals surface area contributed by atoms with Crippen LogP contribution >= 0.6 is 0 Å². The first-order valence-electron chi connectivity index (χ1n) is 5.69. The average Bonchev–Trinajstić information content (AvgIpc) is 2.38. The summed E-state index contributed by atoms with van der Waals surface area (Å²) in [5.74, 6) is -1.91. The number of rotatable bonds is 4. The summed E-state index contributed by atoms with van der Waals surface area (Å²) in [5.41, 5.74) is 0.0219. The molecule has 2 aromatic rings. The Balaban J connectivity index is 2.51. The van der Waals surface area contributed by atoms with Gasteiger partial charge in [-0.1, -0.05) is 0 Å². The molecule has 1 N–H and O–H groups in total. The van der Waals surface area contributed by atoms with E-state index in [1.165, 1.54) is 13.2 Å². The van der Waals surface area contributed by atoms with Crippen molar-refractivity contribution in [3.05, 3.63) is 29.8 Å². The Hall–Kier alpha value is -1.96. The number of halogens is 4. The van der Waals surface area contributed by atoms with Gasteiger partial charge in [-0.25, -0.2) is 14.4 Å². The van der Waals surface area contributed by atoms with Crippen LogP contribution in [0.1, 0.15) is 5.82 Å². The largest absolute Gasteiger partial charge is 0.451 e. The Morgan fingerprint density at radius 1 is 1.25 bits per heavy atom. The lowest BCUT2D eigenvalue weighted by Crippen LogP contribution is -2.15. The third-order valence-corrected chi connectivity index (χ3v) is 2.51. The molecule has 1 aromatic carbocycles. The zero-order chi connectivity index (χ0) is 14.8. The number of hydrogen-bond acceptors (Lipinski definition) is 4. The molecular weight excluding hydrogens is 278 g/mol. The fourth-order valence-electron chi connectivity index (χ4n) is 1.63. The number of methoxy groups -OCH3 is 1. The van der Waals surface area contributed by atoms with Gasteiger partial charge in [0.05, 0.1) is 12.1 Å². The Kier molecular flexibility index (Phi) is 4.03. The van der Waals surface area contributed by atoms with Gasteiger partial charge in [-0.15, -0.1) is 0 Å². The van der Waals surface area contributed by atoms with E-state index in [1.807, 2.05) is 0 Å². The summed E-state index contributed by atoms with van der Waals surface area (Å²) in [7, 11) is 1.46. The van der Waals surface area contributed by atoms with Crippen LogP contribution in [0.25, 0.3) is 10.9 Å². The monoisotopic (exact) mass is 289 g/mol. The molecule has 0 aliphatic rings. The van der Waals surface area contributed by atoms with Crippen molar-refractivity contribution < 1.29 is 22.3 Å². The van der Waals surface area contributed by atoms with E-state index < -0.39 is 17.8 Å². The van der Waals surface area contributed by atoms with Crippen molar-refractivity contribution in [2.75, 3.05) is 25.6 Å². The maximum Gasteiger partial charge on any atom is 0.451 e. The minimum atomic E-state index is -4.67. The van der Waals surface area contributed by atoms with Gasteiger partial charge < -0.3 is 10.1 Å². The fourth-order valence-corrected chi connectivity index (χ4v) is 1.63. The summed E-state index contributed by atoms with van der Waals surface area (Å²) >= 11 is 0. The molecule has 4 nitrogen and oxygen atoms in total. The summed E-state index contributed by atoms with van der Waals surface area (Å²) in [4.78, 5) is 6.82. The molecule has 1 aromatic heterocycles. The second-order valence-corrected chi connectivity index (χ2v) is 3.97. The first-order valence-corrected chi connectivity index (χ1v) is 5.69. The van der Waals surface area contributed by atoms with Crippen molar-refractivity contribution in [1.82, 2.24) is 9.97 Å². The predicted octanol–water partition coefficient (Wildman–Crippen LogP) is 2.85. The van der Waals surface area contributed by atoms with Crippen LogP contribution in [-0.2, 0) is 10.9 Å². The molecule has 20 heavy (non-hydrogen) atoms. The lowest BCUT2D eigenvalue weighted by molar-refractivity contribution is -0.144. The maximum atomic E-state index is 13.2. The van der Waals surface area contributed by atoms with Gasteiger partial charge in [0, 0.05) is 19.0 Å². The molecule has 0 amide bonds. The Morgan fingerprint density at radius 3 is 2.65 bits per heavy atom. The number of alkyl halides is 3. The molecule has 108 valence electrons. The molecule has 1 heterocycles. The average molecular weight is 289 g/mol. The van der Waals surface area contributed by atoms with Crippen molar-refractivity contribution in [2.45, 2.75) is 6.18 Å². The van der Waals surface area contributed by atoms with Crippen LogP contribution in [0.5, 0.6) is 0 Å². The highest BCUT2D eigenvalue weighted by Crippen LogP contribution is 2.30. The second kappa shape index (κ2) is 5.58. The standard InChI is InChI=1S/C12H11F4N3O/c1-20-5-4-17-10-8-6-7(13)2-3-9(8)18-11(19-10)12(14,15)16/h2-3,6H,4-5H2,1H3,(H,17,18,19). The van der Waals surface area contributed by atoms with Crippen LogP contribution in [0.4, 0.5) is 23.4 Å². The van der Waals surface area contributed by atoms with E-state index in [0.29, 0.717) is 0 Å². The highest BCUT2D eigenvalue weighted by Gasteiger charge is 2.35. The van der Waals surface area contributed by atoms with Gasteiger partial charge in [0.1, 0.15) is 11.6 Å². The number of aromatic nitrogens is 2. The number of ether oxygens (including phenoxy) is 1. The van der Waals surface area contributed by atoms with Crippen molar-refractivity contribution in [3.8, 4) is 0 Å². The number of nitrogens with one attached hydrogen (secondary N) is 1. The highest BCUT2D eigenvalue weighted by atomic mass is 19.4. The molecule has 2 rings (SSSR count). The second-order valence-electron chi connectivity index (χ2n) is 3.97. The van der Waals surface area contributed by atoms with Gasteiger partial charge in [0.25, 0.3) is 0 Å². The third-order valence-electron chi connectivity index (χ3n) is 2.51. The zero-order valence-electron chi connectivity index (χ0n) is 10.5. The molecule has 0 spiro atoms. The summed E-state index contributed by atoms with van der Waals surface area (Å²) in [6.07, 6.45) is -4.67. The lowest BCUT2D eigenvalue weighted by Gasteiger charge is -2.12. The number of fused-ring (bicyclic) bond motifs is 1. The summed E-state index contributed by atoms with van der Waals surface area (Å²) in [6, 6.07) is 3.32. The Morgan fingerprint density at radius 2 is 2.00 bits per heavy atom. The Bertz CT molecular complexity index is 615. The first kappa shape index (κ1) is 14.4. The first-order chi connectivity index (χ1) is 9.41. The zero-order valence-corrected chi connectivity index (χ0v) is 10.5. The minimum Gasteiger partial charge on any atom is -0.383 e. The number of anilines is 1. The van der Waals surface area contributed by atoms with Gasteiger partial charge in [0.2, 0.25) is 5.82 Å². The van der Waals surface area contributed by atoms with E-state index >= 15 is 0 Å². The van der Waals surface area contributed by atoms with Crippen LogP contribution in [-0.4, -0.2) is 30.2 Å². The third kappa shape index (κ3) is 3.13. The fraction of sp³-hybridized carbons (Fsp3) is 0.333. The van der Waals surface area contributed by atoms with Crippen LogP contribution < -0.4 is 5.32 Å². The van der Waals surface area contributed by atoms with Crippen molar-refractivity contribution >= 4 is 16.7 Å². The van der Waals surface area contributed by atoms with Gasteiger partial charge in [-0.05, 0) is 18.2 Å². The summed E-state index contributed by atoms with van der Waals surface area (Å²) < 4.78 is 56.1. The molecule has 0 radical (unpaired) electrons. The molecule has 0 aliphatic heterocycles. The quantitative estimate of drug-likeness (QED) is 0.694. The van der Waals surface area contributed by atoms with E-state index in [0.717, 1.165) is 12.1 Å². The molecule has 8 heteroatoms. The van der Waals surface area contributed by atoms with Crippen molar-refractivity contribution in [3.63, 3.8) is 0 Å². The molecule has 0 fully saturated rings. The lowest BCUT2D eigenvalue weighted by atomic mass is 10.2. The van der Waals surface area contributed by atoms with Gasteiger partial charge >= 0.3 is 6.18 Å².